The molecule has 1 aromatic rings. The number of ether oxygens (including phenoxy) is 2. The fourth-order valence-corrected chi connectivity index (χ4v) is 2.86. The highest BCUT2D eigenvalue weighted by Gasteiger charge is 2.20. The molecule has 0 aliphatic heterocycles. The number of esters is 2. The first-order chi connectivity index (χ1) is 12.8. The maximum atomic E-state index is 12.5. The van der Waals surface area contributed by atoms with E-state index in [1.54, 1.807) is 6.92 Å². The van der Waals surface area contributed by atoms with Crippen LogP contribution >= 0.6 is 0 Å². The van der Waals surface area contributed by atoms with Crippen LogP contribution in [0.1, 0.15) is 68.8 Å². The molecule has 0 bridgehead atoms. The molecule has 0 aliphatic carbocycles. The van der Waals surface area contributed by atoms with Crippen LogP contribution in [0.4, 0.5) is 0 Å². The molecule has 0 fully saturated rings. The Morgan fingerprint density at radius 1 is 1.11 bits per heavy atom. The van der Waals surface area contributed by atoms with Crippen molar-refractivity contribution in [2.45, 2.75) is 65.4 Å². The second-order valence-corrected chi connectivity index (χ2v) is 6.29. The number of ketones is 1. The Balaban J connectivity index is 2.73. The smallest absolute Gasteiger partial charge is 0.310 e. The normalized spacial score (nSPS) is 11.7. The highest BCUT2D eigenvalue weighted by Crippen LogP contribution is 2.29. The molecule has 0 aliphatic rings. The molecule has 0 saturated carbocycles. The summed E-state index contributed by atoms with van der Waals surface area (Å²) in [6, 6.07) is 2.37. The number of Topliss-reactive ketones (excluding diaryl/α,β-unsaturated/α-hetero) is 1. The van der Waals surface area contributed by atoms with Crippen LogP contribution in [0.2, 0.25) is 0 Å². The van der Waals surface area contributed by atoms with Gasteiger partial charge in [-0.2, -0.15) is 0 Å². The van der Waals surface area contributed by atoms with Gasteiger partial charge in [0.2, 0.25) is 0 Å². The van der Waals surface area contributed by atoms with Crippen LogP contribution < -0.4 is 0 Å². The summed E-state index contributed by atoms with van der Waals surface area (Å²) in [6.07, 6.45) is 2.39. The van der Waals surface area contributed by atoms with E-state index in [2.05, 4.69) is 0 Å². The lowest BCUT2D eigenvalue weighted by atomic mass is 9.96. The predicted molar refractivity (Wildman–Crippen MR) is 98.8 cm³/mol. The third-order valence-electron chi connectivity index (χ3n) is 4.07. The standard InChI is InChI=1S/C20H28O7/c1-4-16(27-13(3)21)8-6-7-9-17(23)20-14(11-19(25)26-5-2)10-15(22)12-18(20)24/h10,12,16,22,24H,4-9,11H2,1-3H3. The van der Waals surface area contributed by atoms with E-state index in [1.807, 2.05) is 6.92 Å². The van der Waals surface area contributed by atoms with Gasteiger partial charge in [-0.05, 0) is 44.2 Å². The molecular formula is C20H28O7. The molecule has 1 rings (SSSR count). The van der Waals surface area contributed by atoms with E-state index in [4.69, 9.17) is 9.47 Å². The van der Waals surface area contributed by atoms with Gasteiger partial charge in [-0.1, -0.05) is 6.92 Å². The molecule has 150 valence electrons. The van der Waals surface area contributed by atoms with Crippen molar-refractivity contribution in [2.75, 3.05) is 6.61 Å². The van der Waals surface area contributed by atoms with Gasteiger partial charge in [0.25, 0.3) is 0 Å². The molecule has 27 heavy (non-hydrogen) atoms. The Labute approximate surface area is 159 Å². The van der Waals surface area contributed by atoms with Gasteiger partial charge in [-0.25, -0.2) is 0 Å². The molecule has 7 nitrogen and oxygen atoms in total. The van der Waals surface area contributed by atoms with Crippen LogP contribution in [0.5, 0.6) is 11.5 Å². The monoisotopic (exact) mass is 380 g/mol. The van der Waals surface area contributed by atoms with Crippen molar-refractivity contribution in [1.82, 2.24) is 0 Å². The minimum absolute atomic E-state index is 0.0351. The zero-order valence-corrected chi connectivity index (χ0v) is 16.1. The number of rotatable bonds is 11. The molecule has 0 spiro atoms. The van der Waals surface area contributed by atoms with Gasteiger partial charge >= 0.3 is 11.9 Å². The van der Waals surface area contributed by atoms with Crippen LogP contribution in [0.3, 0.4) is 0 Å². The summed E-state index contributed by atoms with van der Waals surface area (Å²) in [5, 5.41) is 19.7. The molecule has 2 N–H and O–H groups in total. The van der Waals surface area contributed by atoms with Crippen LogP contribution in [-0.2, 0) is 25.5 Å². The molecule has 7 heteroatoms. The number of aromatic hydroxyl groups is 2. The lowest BCUT2D eigenvalue weighted by Gasteiger charge is -2.15. The van der Waals surface area contributed by atoms with Crippen LogP contribution in [-0.4, -0.2) is 40.6 Å². The van der Waals surface area contributed by atoms with Crippen molar-refractivity contribution < 1.29 is 34.1 Å². The number of phenols is 2. The van der Waals surface area contributed by atoms with E-state index >= 15 is 0 Å². The zero-order valence-electron chi connectivity index (χ0n) is 16.1. The SMILES string of the molecule is CCOC(=O)Cc1cc(O)cc(O)c1C(=O)CCCCC(CC)OC(C)=O. The first-order valence-corrected chi connectivity index (χ1v) is 9.19. The molecule has 1 atom stereocenters. The first-order valence-electron chi connectivity index (χ1n) is 9.19. The highest BCUT2D eigenvalue weighted by atomic mass is 16.5. The van der Waals surface area contributed by atoms with Crippen molar-refractivity contribution in [3.63, 3.8) is 0 Å². The van der Waals surface area contributed by atoms with Gasteiger partial charge in [0.1, 0.15) is 17.6 Å². The average Bonchev–Trinajstić information content (AvgIpc) is 2.56. The molecular weight excluding hydrogens is 352 g/mol. The number of hydrogen-bond acceptors (Lipinski definition) is 7. The minimum atomic E-state index is -0.538. The third kappa shape index (κ3) is 7.68. The summed E-state index contributed by atoms with van der Waals surface area (Å²) in [5.74, 6) is -1.76. The van der Waals surface area contributed by atoms with Crippen molar-refractivity contribution in [3.05, 3.63) is 23.3 Å². The van der Waals surface area contributed by atoms with Gasteiger partial charge < -0.3 is 19.7 Å². The summed E-state index contributed by atoms with van der Waals surface area (Å²) in [6.45, 7) is 5.16. The van der Waals surface area contributed by atoms with Crippen molar-refractivity contribution in [1.29, 1.82) is 0 Å². The van der Waals surface area contributed by atoms with Gasteiger partial charge in [0, 0.05) is 19.4 Å². The predicted octanol–water partition coefficient (Wildman–Crippen LogP) is 3.29. The molecule has 1 unspecified atom stereocenters. The topological polar surface area (TPSA) is 110 Å². The van der Waals surface area contributed by atoms with Crippen molar-refractivity contribution in [2.24, 2.45) is 0 Å². The number of phenolic OH excluding ortho intramolecular Hbond substituents is 2. The first kappa shape index (κ1) is 22.5. The Morgan fingerprint density at radius 2 is 1.81 bits per heavy atom. The lowest BCUT2D eigenvalue weighted by Crippen LogP contribution is -2.15. The Morgan fingerprint density at radius 3 is 2.41 bits per heavy atom. The second-order valence-electron chi connectivity index (χ2n) is 6.29. The molecule has 0 saturated heterocycles. The van der Waals surface area contributed by atoms with Gasteiger partial charge in [-0.15, -0.1) is 0 Å². The Kier molecular flexibility index (Phi) is 9.33. The van der Waals surface area contributed by atoms with Crippen LogP contribution in [0, 0.1) is 0 Å². The number of carbonyl (C=O) groups excluding carboxylic acids is 3. The maximum Gasteiger partial charge on any atom is 0.310 e. The van der Waals surface area contributed by atoms with Gasteiger partial charge in [0.15, 0.2) is 5.78 Å². The quantitative estimate of drug-likeness (QED) is 0.344. The Hall–Kier alpha value is -2.57. The maximum absolute atomic E-state index is 12.5. The lowest BCUT2D eigenvalue weighted by molar-refractivity contribution is -0.147. The summed E-state index contributed by atoms with van der Waals surface area (Å²) in [5.41, 5.74) is 0.273. The van der Waals surface area contributed by atoms with Crippen molar-refractivity contribution >= 4 is 17.7 Å². The third-order valence-corrected chi connectivity index (χ3v) is 4.07. The fourth-order valence-electron chi connectivity index (χ4n) is 2.86. The van der Waals surface area contributed by atoms with Gasteiger partial charge in [-0.3, -0.25) is 14.4 Å². The van der Waals surface area contributed by atoms with E-state index in [0.717, 1.165) is 6.07 Å². The summed E-state index contributed by atoms with van der Waals surface area (Å²) in [4.78, 5) is 35.3. The summed E-state index contributed by atoms with van der Waals surface area (Å²) < 4.78 is 10.0. The summed E-state index contributed by atoms with van der Waals surface area (Å²) >= 11 is 0. The molecule has 0 aromatic heterocycles. The van der Waals surface area contributed by atoms with E-state index in [9.17, 15) is 24.6 Å². The van der Waals surface area contributed by atoms with Crippen molar-refractivity contribution in [3.8, 4) is 11.5 Å². The largest absolute Gasteiger partial charge is 0.508 e. The Bertz CT molecular complexity index is 667. The molecule has 1 aromatic carbocycles. The number of hydrogen-bond donors (Lipinski definition) is 2. The molecule has 0 radical (unpaired) electrons. The summed E-state index contributed by atoms with van der Waals surface area (Å²) in [7, 11) is 0. The van der Waals surface area contributed by atoms with E-state index in [-0.39, 0.29) is 59.9 Å². The van der Waals surface area contributed by atoms with Crippen LogP contribution in [0.15, 0.2) is 12.1 Å². The molecule has 0 heterocycles. The minimum Gasteiger partial charge on any atom is -0.508 e. The second kappa shape index (κ2) is 11.2. The number of carbonyl (C=O) groups is 3. The average molecular weight is 380 g/mol. The zero-order chi connectivity index (χ0) is 20.4. The van der Waals surface area contributed by atoms with E-state index in [0.29, 0.717) is 25.7 Å². The van der Waals surface area contributed by atoms with Crippen LogP contribution in [0.25, 0.3) is 0 Å². The highest BCUT2D eigenvalue weighted by molar-refractivity contribution is 6.01. The van der Waals surface area contributed by atoms with E-state index in [1.165, 1.54) is 13.0 Å². The fraction of sp³-hybridized carbons (Fsp3) is 0.550. The van der Waals surface area contributed by atoms with E-state index < -0.39 is 5.97 Å². The molecule has 0 amide bonds. The number of benzene rings is 1. The van der Waals surface area contributed by atoms with Gasteiger partial charge in [0.05, 0.1) is 18.6 Å². The number of unbranched alkanes of at least 4 members (excludes halogenated alkanes) is 1.